The summed E-state index contributed by atoms with van der Waals surface area (Å²) in [5.74, 6) is -4.58. The lowest BCUT2D eigenvalue weighted by Crippen LogP contribution is -2.57. The minimum absolute atomic E-state index is 0.122. The standard InChI is InChI=1S/C23H14F4N4O2/c1-13-21(12-30)19(31)33-22(13,14-6-8-15(24)9-7-14)32-18(20(21,10-28)11-29)16-4-2-3-5-17(16)23(25,26)27/h2-9,13,18,31H,1H3. The van der Waals surface area contributed by atoms with Crippen LogP contribution in [0.15, 0.2) is 48.5 Å². The predicted molar refractivity (Wildman–Crippen MR) is 103 cm³/mol. The molecule has 0 amide bonds. The summed E-state index contributed by atoms with van der Waals surface area (Å²) in [5.41, 5.74) is -6.42. The highest BCUT2D eigenvalue weighted by atomic mass is 19.4. The fraction of sp³-hybridized carbons (Fsp3) is 0.304. The Morgan fingerprint density at radius 1 is 0.970 bits per heavy atom. The number of nitrogens with one attached hydrogen (secondary N) is 1. The molecule has 1 N–H and O–H groups in total. The maximum absolute atomic E-state index is 13.9. The Hall–Kier alpha value is -3.94. The van der Waals surface area contributed by atoms with Crippen molar-refractivity contribution in [1.29, 1.82) is 21.2 Å². The molecular weight excluding hydrogens is 440 g/mol. The molecule has 2 fully saturated rings. The molecule has 2 aromatic carbocycles. The number of hydrogen-bond donors (Lipinski definition) is 1. The molecule has 2 bridgehead atoms. The number of nitriles is 3. The SMILES string of the molecule is CC1C2(c3ccc(F)cc3)OC(=N)C1(C#N)C(C#N)(C#N)C(c1ccccc1C(F)(F)F)O2. The maximum atomic E-state index is 13.9. The molecule has 6 nitrogen and oxygen atoms in total. The molecule has 2 saturated heterocycles. The Balaban J connectivity index is 2.08. The topological polar surface area (TPSA) is 114 Å². The van der Waals surface area contributed by atoms with Crippen molar-refractivity contribution in [2.45, 2.75) is 25.0 Å². The molecule has 166 valence electrons. The molecule has 33 heavy (non-hydrogen) atoms. The van der Waals surface area contributed by atoms with Crippen LogP contribution in [0.1, 0.15) is 29.7 Å². The van der Waals surface area contributed by atoms with E-state index in [-0.39, 0.29) is 5.56 Å². The van der Waals surface area contributed by atoms with Gasteiger partial charge in [0, 0.05) is 5.56 Å². The van der Waals surface area contributed by atoms with Gasteiger partial charge in [-0.15, -0.1) is 0 Å². The van der Waals surface area contributed by atoms with Crippen molar-refractivity contribution in [1.82, 2.24) is 0 Å². The third kappa shape index (κ3) is 2.63. The van der Waals surface area contributed by atoms with E-state index >= 15 is 0 Å². The first-order chi connectivity index (χ1) is 15.5. The van der Waals surface area contributed by atoms with Crippen LogP contribution >= 0.6 is 0 Å². The van der Waals surface area contributed by atoms with E-state index in [4.69, 9.17) is 14.9 Å². The van der Waals surface area contributed by atoms with Crippen molar-refractivity contribution >= 4 is 5.90 Å². The van der Waals surface area contributed by atoms with Gasteiger partial charge in [-0.05, 0) is 35.9 Å². The first kappa shape index (κ1) is 22.3. The Morgan fingerprint density at radius 2 is 1.58 bits per heavy atom. The second kappa shape index (κ2) is 7.03. The van der Waals surface area contributed by atoms with Crippen LogP contribution in [0.4, 0.5) is 17.6 Å². The average Bonchev–Trinajstić information content (AvgIpc) is 2.95. The molecule has 4 rings (SSSR count). The lowest BCUT2D eigenvalue weighted by molar-refractivity contribution is -0.289. The van der Waals surface area contributed by atoms with Crippen molar-refractivity contribution in [3.8, 4) is 18.2 Å². The van der Waals surface area contributed by atoms with Gasteiger partial charge in [-0.2, -0.15) is 29.0 Å². The molecular formula is C23H14F4N4O2. The minimum atomic E-state index is -4.87. The van der Waals surface area contributed by atoms with Gasteiger partial charge in [-0.1, -0.05) is 25.1 Å². The lowest BCUT2D eigenvalue weighted by atomic mass is 9.53. The summed E-state index contributed by atoms with van der Waals surface area (Å²) >= 11 is 0. The maximum Gasteiger partial charge on any atom is 0.416 e. The van der Waals surface area contributed by atoms with E-state index in [1.165, 1.54) is 25.1 Å². The third-order valence-electron chi connectivity index (χ3n) is 6.46. The van der Waals surface area contributed by atoms with Crippen LogP contribution in [0.25, 0.3) is 0 Å². The number of ether oxygens (including phenoxy) is 2. The van der Waals surface area contributed by atoms with Gasteiger partial charge in [0.25, 0.3) is 0 Å². The van der Waals surface area contributed by atoms with Crippen molar-refractivity contribution in [2.24, 2.45) is 16.7 Å². The second-order valence-electron chi connectivity index (χ2n) is 7.86. The summed E-state index contributed by atoms with van der Waals surface area (Å²) in [6.07, 6.45) is -6.79. The van der Waals surface area contributed by atoms with E-state index in [1.54, 1.807) is 12.1 Å². The zero-order valence-electron chi connectivity index (χ0n) is 16.9. The molecule has 0 aromatic heterocycles. The molecule has 0 spiro atoms. The van der Waals surface area contributed by atoms with Gasteiger partial charge in [0.05, 0.1) is 29.7 Å². The van der Waals surface area contributed by atoms with Gasteiger partial charge in [0.15, 0.2) is 5.41 Å². The van der Waals surface area contributed by atoms with Gasteiger partial charge in [0.2, 0.25) is 17.1 Å². The first-order valence-electron chi connectivity index (χ1n) is 9.66. The van der Waals surface area contributed by atoms with Gasteiger partial charge < -0.3 is 9.47 Å². The molecule has 4 unspecified atom stereocenters. The first-order valence-corrected chi connectivity index (χ1v) is 9.66. The molecule has 0 aliphatic carbocycles. The largest absolute Gasteiger partial charge is 0.443 e. The highest BCUT2D eigenvalue weighted by Gasteiger charge is 2.80. The quantitative estimate of drug-likeness (QED) is 0.645. The summed E-state index contributed by atoms with van der Waals surface area (Å²) in [6.45, 7) is 1.41. The molecule has 2 aliphatic heterocycles. The highest BCUT2D eigenvalue weighted by molar-refractivity contribution is 5.89. The summed E-state index contributed by atoms with van der Waals surface area (Å²) in [5, 5.41) is 38.9. The molecule has 0 saturated carbocycles. The van der Waals surface area contributed by atoms with Crippen LogP contribution in [-0.4, -0.2) is 5.90 Å². The van der Waals surface area contributed by atoms with E-state index in [1.807, 2.05) is 6.07 Å². The third-order valence-corrected chi connectivity index (χ3v) is 6.46. The summed E-state index contributed by atoms with van der Waals surface area (Å²) < 4.78 is 66.9. The van der Waals surface area contributed by atoms with Crippen molar-refractivity contribution in [3.63, 3.8) is 0 Å². The molecule has 4 atom stereocenters. The summed E-state index contributed by atoms with van der Waals surface area (Å²) in [6, 6.07) is 14.1. The van der Waals surface area contributed by atoms with Crippen LogP contribution in [0.2, 0.25) is 0 Å². The van der Waals surface area contributed by atoms with Crippen LogP contribution in [-0.2, 0) is 21.4 Å². The Kier molecular flexibility index (Phi) is 4.74. The van der Waals surface area contributed by atoms with Crippen LogP contribution in [0, 0.1) is 62.0 Å². The van der Waals surface area contributed by atoms with E-state index < -0.39 is 57.7 Å². The fourth-order valence-corrected chi connectivity index (χ4v) is 4.81. The Bertz CT molecular complexity index is 1260. The van der Waals surface area contributed by atoms with E-state index in [9.17, 15) is 33.3 Å². The van der Waals surface area contributed by atoms with E-state index in [2.05, 4.69) is 0 Å². The fourth-order valence-electron chi connectivity index (χ4n) is 4.81. The predicted octanol–water partition coefficient (Wildman–Crippen LogP) is 4.96. The van der Waals surface area contributed by atoms with Gasteiger partial charge in [0.1, 0.15) is 11.9 Å². The summed E-state index contributed by atoms with van der Waals surface area (Å²) in [4.78, 5) is 0. The monoisotopic (exact) mass is 454 g/mol. The zero-order valence-corrected chi connectivity index (χ0v) is 16.9. The van der Waals surface area contributed by atoms with Crippen molar-refractivity contribution in [3.05, 3.63) is 71.0 Å². The number of benzene rings is 2. The number of fused-ring (bicyclic) bond motifs is 2. The second-order valence-corrected chi connectivity index (χ2v) is 7.86. The van der Waals surface area contributed by atoms with E-state index in [0.29, 0.717) is 0 Å². The average molecular weight is 454 g/mol. The smallest absolute Gasteiger partial charge is 0.416 e. The minimum Gasteiger partial charge on any atom is -0.443 e. The van der Waals surface area contributed by atoms with Gasteiger partial charge in [-0.25, -0.2) is 4.39 Å². The number of alkyl halides is 3. The molecule has 2 aliphatic rings. The molecule has 10 heteroatoms. The number of rotatable bonds is 2. The summed E-state index contributed by atoms with van der Waals surface area (Å²) in [7, 11) is 0. The zero-order chi connectivity index (χ0) is 24.2. The molecule has 2 aromatic rings. The van der Waals surface area contributed by atoms with Gasteiger partial charge >= 0.3 is 6.18 Å². The highest BCUT2D eigenvalue weighted by Crippen LogP contribution is 2.69. The van der Waals surface area contributed by atoms with E-state index in [0.717, 1.165) is 30.3 Å². The van der Waals surface area contributed by atoms with Gasteiger partial charge in [-0.3, -0.25) is 5.41 Å². The number of hydrogen-bond acceptors (Lipinski definition) is 6. The van der Waals surface area contributed by atoms with Crippen LogP contribution in [0.3, 0.4) is 0 Å². The Morgan fingerprint density at radius 3 is 2.12 bits per heavy atom. The Labute approximate surface area is 185 Å². The van der Waals surface area contributed by atoms with Crippen LogP contribution < -0.4 is 0 Å². The molecule has 2 heterocycles. The van der Waals surface area contributed by atoms with Crippen molar-refractivity contribution in [2.75, 3.05) is 0 Å². The normalized spacial score (nSPS) is 29.9. The van der Waals surface area contributed by atoms with Crippen molar-refractivity contribution < 1.29 is 27.0 Å². The number of halogens is 4. The lowest BCUT2D eigenvalue weighted by Gasteiger charge is -2.49. The molecule has 0 radical (unpaired) electrons. The number of nitrogens with zero attached hydrogens (tertiary/aromatic N) is 3. The van der Waals surface area contributed by atoms with Crippen LogP contribution in [0.5, 0.6) is 0 Å².